The molecule has 0 bridgehead atoms. The van der Waals surface area contributed by atoms with Crippen molar-refractivity contribution in [1.29, 1.82) is 0 Å². The number of hydrogen-bond donors (Lipinski definition) is 2. The molecule has 1 atom stereocenters. The van der Waals surface area contributed by atoms with E-state index in [0.29, 0.717) is 34.5 Å². The molecule has 7 nitrogen and oxygen atoms in total. The van der Waals surface area contributed by atoms with Crippen molar-refractivity contribution in [3.05, 3.63) is 52.3 Å². The van der Waals surface area contributed by atoms with Crippen molar-refractivity contribution in [2.24, 2.45) is 0 Å². The Kier molecular flexibility index (Phi) is 7.09. The van der Waals surface area contributed by atoms with E-state index in [0.717, 1.165) is 6.42 Å². The third kappa shape index (κ3) is 5.19. The molecule has 154 valence electrons. The SMILES string of the molecule is CCCC(=O)Nc1ccc(C(=O)[C@H](C)OC(=O)c2[nH]c(C)c(C(C)=O)c2C)cc1. The average Bonchev–Trinajstić information content (AvgIpc) is 2.96. The third-order valence-electron chi connectivity index (χ3n) is 4.58. The number of H-pyrrole nitrogens is 1. The lowest BCUT2D eigenvalue weighted by atomic mass is 10.1. The first-order valence-corrected chi connectivity index (χ1v) is 9.50. The zero-order chi connectivity index (χ0) is 21.7. The number of carbonyl (C=O) groups excluding carboxylic acids is 4. The molecule has 1 aromatic heterocycles. The van der Waals surface area contributed by atoms with Gasteiger partial charge in [-0.05, 0) is 63.9 Å². The van der Waals surface area contributed by atoms with Crippen LogP contribution in [-0.2, 0) is 9.53 Å². The first-order chi connectivity index (χ1) is 13.6. The minimum atomic E-state index is -1.01. The van der Waals surface area contributed by atoms with Crippen molar-refractivity contribution in [1.82, 2.24) is 4.98 Å². The highest BCUT2D eigenvalue weighted by atomic mass is 16.5. The minimum absolute atomic E-state index is 0.0876. The summed E-state index contributed by atoms with van der Waals surface area (Å²) in [5.74, 6) is -1.29. The number of ether oxygens (including phenoxy) is 1. The summed E-state index contributed by atoms with van der Waals surface area (Å²) in [5, 5.41) is 2.75. The largest absolute Gasteiger partial charge is 0.450 e. The van der Waals surface area contributed by atoms with Crippen LogP contribution in [0.1, 0.15) is 76.1 Å². The predicted octanol–water partition coefficient (Wildman–Crippen LogP) is 4.00. The van der Waals surface area contributed by atoms with Crippen LogP contribution in [0.2, 0.25) is 0 Å². The molecule has 0 spiro atoms. The highest BCUT2D eigenvalue weighted by Crippen LogP contribution is 2.20. The van der Waals surface area contributed by atoms with Crippen LogP contribution in [0, 0.1) is 13.8 Å². The van der Waals surface area contributed by atoms with Crippen LogP contribution >= 0.6 is 0 Å². The van der Waals surface area contributed by atoms with E-state index >= 15 is 0 Å². The molecular weight excluding hydrogens is 372 g/mol. The van der Waals surface area contributed by atoms with Gasteiger partial charge in [-0.1, -0.05) is 6.92 Å². The van der Waals surface area contributed by atoms with Crippen LogP contribution in [0.15, 0.2) is 24.3 Å². The van der Waals surface area contributed by atoms with E-state index in [1.807, 2.05) is 6.92 Å². The number of Topliss-reactive ketones (excluding diaryl/α,β-unsaturated/α-hetero) is 2. The van der Waals surface area contributed by atoms with Crippen LogP contribution in [0.3, 0.4) is 0 Å². The quantitative estimate of drug-likeness (QED) is 0.516. The molecule has 0 aliphatic rings. The molecule has 0 fully saturated rings. The van der Waals surface area contributed by atoms with E-state index in [1.165, 1.54) is 13.8 Å². The Morgan fingerprint density at radius 2 is 1.72 bits per heavy atom. The number of aryl methyl sites for hydroxylation is 1. The van der Waals surface area contributed by atoms with Crippen LogP contribution < -0.4 is 5.32 Å². The van der Waals surface area contributed by atoms with Gasteiger partial charge < -0.3 is 15.0 Å². The Bertz CT molecular complexity index is 941. The summed E-state index contributed by atoms with van der Waals surface area (Å²) < 4.78 is 5.31. The number of hydrogen-bond acceptors (Lipinski definition) is 5. The molecule has 2 N–H and O–H groups in total. The Hall–Kier alpha value is -3.22. The van der Waals surface area contributed by atoms with Gasteiger partial charge in [-0.25, -0.2) is 4.79 Å². The second-order valence-corrected chi connectivity index (χ2v) is 6.97. The second kappa shape index (κ2) is 9.32. The number of esters is 1. The summed E-state index contributed by atoms with van der Waals surface area (Å²) in [6.45, 7) is 8.21. The number of amides is 1. The fourth-order valence-electron chi connectivity index (χ4n) is 3.16. The molecule has 2 aromatic rings. The van der Waals surface area contributed by atoms with Gasteiger partial charge in [-0.15, -0.1) is 0 Å². The molecule has 0 aliphatic carbocycles. The van der Waals surface area contributed by atoms with Crippen LogP contribution in [0.5, 0.6) is 0 Å². The molecule has 29 heavy (non-hydrogen) atoms. The molecule has 1 heterocycles. The molecule has 1 aromatic carbocycles. The molecule has 0 saturated heterocycles. The van der Waals surface area contributed by atoms with E-state index in [2.05, 4.69) is 10.3 Å². The maximum atomic E-state index is 12.6. The normalized spacial score (nSPS) is 11.6. The van der Waals surface area contributed by atoms with Gasteiger partial charge in [0, 0.05) is 28.9 Å². The molecular formula is C22H26N2O5. The van der Waals surface area contributed by atoms with Crippen LogP contribution in [0.4, 0.5) is 5.69 Å². The van der Waals surface area contributed by atoms with Crippen molar-refractivity contribution in [2.75, 3.05) is 5.32 Å². The molecule has 2 rings (SSSR count). The Labute approximate surface area is 169 Å². The number of anilines is 1. The fourth-order valence-corrected chi connectivity index (χ4v) is 3.16. The standard InChI is InChI=1S/C22H26N2O5/c1-6-7-18(26)24-17-10-8-16(9-11-17)21(27)15(5)29-22(28)20-12(2)19(14(4)25)13(3)23-20/h8-11,15,23H,6-7H2,1-5H3,(H,24,26)/t15-/m0/s1. The van der Waals surface area contributed by atoms with Gasteiger partial charge in [0.2, 0.25) is 11.7 Å². The van der Waals surface area contributed by atoms with Crippen molar-refractivity contribution < 1.29 is 23.9 Å². The molecule has 0 unspecified atom stereocenters. The summed E-state index contributed by atoms with van der Waals surface area (Å²) >= 11 is 0. The predicted molar refractivity (Wildman–Crippen MR) is 109 cm³/mol. The maximum Gasteiger partial charge on any atom is 0.355 e. The monoisotopic (exact) mass is 398 g/mol. The lowest BCUT2D eigenvalue weighted by Gasteiger charge is -2.13. The summed E-state index contributed by atoms with van der Waals surface area (Å²) in [4.78, 5) is 51.3. The third-order valence-corrected chi connectivity index (χ3v) is 4.58. The topological polar surface area (TPSA) is 105 Å². The first kappa shape index (κ1) is 22.1. The van der Waals surface area contributed by atoms with Crippen molar-refractivity contribution in [2.45, 2.75) is 53.6 Å². The van der Waals surface area contributed by atoms with E-state index in [-0.39, 0.29) is 23.2 Å². The highest BCUT2D eigenvalue weighted by molar-refractivity contribution is 6.03. The van der Waals surface area contributed by atoms with Gasteiger partial charge in [0.25, 0.3) is 0 Å². The second-order valence-electron chi connectivity index (χ2n) is 6.97. The first-order valence-electron chi connectivity index (χ1n) is 9.50. The lowest BCUT2D eigenvalue weighted by Crippen LogP contribution is -2.25. The Balaban J connectivity index is 2.07. The summed E-state index contributed by atoms with van der Waals surface area (Å²) in [5.41, 5.74) is 2.67. The zero-order valence-electron chi connectivity index (χ0n) is 17.3. The average molecular weight is 398 g/mol. The van der Waals surface area contributed by atoms with Crippen molar-refractivity contribution in [3.63, 3.8) is 0 Å². The highest BCUT2D eigenvalue weighted by Gasteiger charge is 2.25. The van der Waals surface area contributed by atoms with Crippen molar-refractivity contribution >= 4 is 29.1 Å². The van der Waals surface area contributed by atoms with Gasteiger partial charge in [0.05, 0.1) is 0 Å². The van der Waals surface area contributed by atoms with Gasteiger partial charge in [-0.3, -0.25) is 14.4 Å². The number of carbonyl (C=O) groups is 4. The number of rotatable bonds is 8. The van der Waals surface area contributed by atoms with Gasteiger partial charge in [0.1, 0.15) is 5.69 Å². The van der Waals surface area contributed by atoms with Gasteiger partial charge in [-0.2, -0.15) is 0 Å². The maximum absolute atomic E-state index is 12.6. The number of benzene rings is 1. The molecule has 0 saturated carbocycles. The Morgan fingerprint density at radius 1 is 1.10 bits per heavy atom. The number of aromatic nitrogens is 1. The number of nitrogens with one attached hydrogen (secondary N) is 2. The molecule has 7 heteroatoms. The molecule has 0 radical (unpaired) electrons. The van der Waals surface area contributed by atoms with E-state index < -0.39 is 12.1 Å². The molecule has 0 aliphatic heterocycles. The van der Waals surface area contributed by atoms with Crippen molar-refractivity contribution in [3.8, 4) is 0 Å². The summed E-state index contributed by atoms with van der Waals surface area (Å²) in [6.07, 6.45) is 0.169. The van der Waals surface area contributed by atoms with Gasteiger partial charge in [0.15, 0.2) is 11.9 Å². The number of ketones is 2. The molecule has 1 amide bonds. The number of aromatic amines is 1. The van der Waals surface area contributed by atoms with E-state index in [1.54, 1.807) is 38.1 Å². The zero-order valence-corrected chi connectivity index (χ0v) is 17.3. The summed E-state index contributed by atoms with van der Waals surface area (Å²) in [7, 11) is 0. The van der Waals surface area contributed by atoms with E-state index in [9.17, 15) is 19.2 Å². The smallest absolute Gasteiger partial charge is 0.355 e. The summed E-state index contributed by atoms with van der Waals surface area (Å²) in [6, 6.07) is 6.41. The Morgan fingerprint density at radius 3 is 2.24 bits per heavy atom. The van der Waals surface area contributed by atoms with E-state index in [4.69, 9.17) is 4.74 Å². The van der Waals surface area contributed by atoms with Crippen LogP contribution in [-0.4, -0.2) is 34.5 Å². The van der Waals surface area contributed by atoms with Gasteiger partial charge >= 0.3 is 5.97 Å². The fraction of sp³-hybridized carbons (Fsp3) is 0.364. The lowest BCUT2D eigenvalue weighted by molar-refractivity contribution is -0.116. The van der Waals surface area contributed by atoms with Crippen LogP contribution in [0.25, 0.3) is 0 Å². The minimum Gasteiger partial charge on any atom is -0.450 e.